The van der Waals surface area contributed by atoms with E-state index < -0.39 is 0 Å². The first-order valence-electron chi connectivity index (χ1n) is 4.63. The minimum Gasteiger partial charge on any atom is -0.313 e. The molecule has 0 radical (unpaired) electrons. The molecule has 1 heteroatoms. The monoisotopic (exact) mass is 155 g/mol. The molecule has 0 aromatic carbocycles. The third-order valence-electron chi connectivity index (χ3n) is 1.85. The van der Waals surface area contributed by atoms with Crippen LogP contribution in [-0.4, -0.2) is 13.1 Å². The van der Waals surface area contributed by atoms with Crippen LogP contribution < -0.4 is 5.32 Å². The number of unbranched alkanes of at least 4 members (excludes halogenated alkanes) is 2. The molecule has 11 heavy (non-hydrogen) atoms. The van der Waals surface area contributed by atoms with Gasteiger partial charge in [-0.15, -0.1) is 0 Å². The summed E-state index contributed by atoms with van der Waals surface area (Å²) >= 11 is 0. The Labute approximate surface area is 70.9 Å². The molecule has 0 saturated heterocycles. The van der Waals surface area contributed by atoms with Gasteiger partial charge in [-0.3, -0.25) is 0 Å². The maximum Gasteiger partial charge on any atom is 0.0161 e. The van der Waals surface area contributed by atoms with Crippen LogP contribution in [0.4, 0.5) is 0 Å². The summed E-state index contributed by atoms with van der Waals surface area (Å²) in [6.45, 7) is 8.70. The first-order valence-corrected chi connectivity index (χ1v) is 4.63. The van der Waals surface area contributed by atoms with E-state index in [0.29, 0.717) is 0 Å². The summed E-state index contributed by atoms with van der Waals surface area (Å²) in [6.07, 6.45) is 6.13. The number of allylic oxidation sites excluding steroid dienone is 1. The van der Waals surface area contributed by atoms with E-state index in [1.165, 1.54) is 31.4 Å². The second kappa shape index (κ2) is 7.80. The van der Waals surface area contributed by atoms with Crippen molar-refractivity contribution in [1.82, 2.24) is 5.32 Å². The second-order valence-corrected chi connectivity index (χ2v) is 3.02. The molecule has 1 N–H and O–H groups in total. The average Bonchev–Trinajstić information content (AvgIpc) is 2.04. The van der Waals surface area contributed by atoms with E-state index in [4.69, 9.17) is 0 Å². The molecule has 0 aromatic heterocycles. The Balaban J connectivity index is 3.02. The second-order valence-electron chi connectivity index (χ2n) is 3.02. The SMILES string of the molecule is CC=C(C)CNCCCCC. The van der Waals surface area contributed by atoms with Crippen molar-refractivity contribution in [1.29, 1.82) is 0 Å². The zero-order chi connectivity index (χ0) is 8.53. The molecule has 0 fully saturated rings. The van der Waals surface area contributed by atoms with Crippen LogP contribution in [0.3, 0.4) is 0 Å². The molecule has 0 aliphatic rings. The highest BCUT2D eigenvalue weighted by molar-refractivity contribution is 4.97. The lowest BCUT2D eigenvalue weighted by molar-refractivity contribution is 0.639. The summed E-state index contributed by atoms with van der Waals surface area (Å²) < 4.78 is 0. The van der Waals surface area contributed by atoms with Gasteiger partial charge in [0.15, 0.2) is 0 Å². The molecule has 0 aliphatic carbocycles. The Morgan fingerprint density at radius 1 is 1.36 bits per heavy atom. The standard InChI is InChI=1S/C10H21N/c1-4-6-7-8-11-9-10(3)5-2/h5,11H,4,6-9H2,1-3H3. The Kier molecular flexibility index (Phi) is 7.59. The maximum atomic E-state index is 3.40. The molecule has 0 spiro atoms. The van der Waals surface area contributed by atoms with Crippen LogP contribution in [0.5, 0.6) is 0 Å². The fourth-order valence-electron chi connectivity index (χ4n) is 0.888. The van der Waals surface area contributed by atoms with E-state index >= 15 is 0 Å². The Morgan fingerprint density at radius 2 is 2.09 bits per heavy atom. The van der Waals surface area contributed by atoms with Gasteiger partial charge in [-0.1, -0.05) is 31.4 Å². The molecule has 0 atom stereocenters. The molecule has 1 nitrogen and oxygen atoms in total. The lowest BCUT2D eigenvalue weighted by atomic mass is 10.2. The van der Waals surface area contributed by atoms with Crippen molar-refractivity contribution in [3.8, 4) is 0 Å². The summed E-state index contributed by atoms with van der Waals surface area (Å²) in [5.41, 5.74) is 1.43. The van der Waals surface area contributed by atoms with E-state index in [0.717, 1.165) is 6.54 Å². The number of rotatable bonds is 6. The number of hydrogen-bond acceptors (Lipinski definition) is 1. The lowest BCUT2D eigenvalue weighted by Crippen LogP contribution is -2.17. The first kappa shape index (κ1) is 10.7. The molecular formula is C10H21N. The highest BCUT2D eigenvalue weighted by Crippen LogP contribution is 1.92. The van der Waals surface area contributed by atoms with Crippen LogP contribution in [-0.2, 0) is 0 Å². The summed E-state index contributed by atoms with van der Waals surface area (Å²) in [5.74, 6) is 0. The fourth-order valence-corrected chi connectivity index (χ4v) is 0.888. The number of nitrogens with one attached hydrogen (secondary N) is 1. The van der Waals surface area contributed by atoms with Gasteiger partial charge in [-0.2, -0.15) is 0 Å². The maximum absolute atomic E-state index is 3.40. The number of hydrogen-bond donors (Lipinski definition) is 1. The molecule has 0 saturated carbocycles. The van der Waals surface area contributed by atoms with E-state index in [-0.39, 0.29) is 0 Å². The lowest BCUT2D eigenvalue weighted by Gasteiger charge is -2.03. The van der Waals surface area contributed by atoms with Gasteiger partial charge in [-0.05, 0) is 26.8 Å². The van der Waals surface area contributed by atoms with Crippen LogP contribution in [0.25, 0.3) is 0 Å². The predicted molar refractivity (Wildman–Crippen MR) is 51.8 cm³/mol. The minimum absolute atomic E-state index is 1.06. The van der Waals surface area contributed by atoms with Crippen LogP contribution in [0.1, 0.15) is 40.0 Å². The van der Waals surface area contributed by atoms with Gasteiger partial charge >= 0.3 is 0 Å². The van der Waals surface area contributed by atoms with Gasteiger partial charge in [0.05, 0.1) is 0 Å². The topological polar surface area (TPSA) is 12.0 Å². The van der Waals surface area contributed by atoms with E-state index in [9.17, 15) is 0 Å². The van der Waals surface area contributed by atoms with Crippen molar-refractivity contribution < 1.29 is 0 Å². The largest absolute Gasteiger partial charge is 0.313 e. The van der Waals surface area contributed by atoms with Gasteiger partial charge in [0.25, 0.3) is 0 Å². The molecule has 0 amide bonds. The van der Waals surface area contributed by atoms with Crippen LogP contribution in [0, 0.1) is 0 Å². The van der Waals surface area contributed by atoms with Gasteiger partial charge in [-0.25, -0.2) is 0 Å². The highest BCUT2D eigenvalue weighted by Gasteiger charge is 1.87. The quantitative estimate of drug-likeness (QED) is 0.459. The molecule has 0 aliphatic heterocycles. The molecule has 0 aromatic rings. The molecule has 0 unspecified atom stereocenters. The molecular weight excluding hydrogens is 134 g/mol. The summed E-state index contributed by atoms with van der Waals surface area (Å²) in [4.78, 5) is 0. The van der Waals surface area contributed by atoms with Crippen molar-refractivity contribution in [3.05, 3.63) is 11.6 Å². The smallest absolute Gasteiger partial charge is 0.0161 e. The van der Waals surface area contributed by atoms with Gasteiger partial charge in [0.1, 0.15) is 0 Å². The van der Waals surface area contributed by atoms with Crippen molar-refractivity contribution in [2.45, 2.75) is 40.0 Å². The average molecular weight is 155 g/mol. The Bertz CT molecular complexity index is 105. The minimum atomic E-state index is 1.06. The zero-order valence-corrected chi connectivity index (χ0v) is 8.11. The Morgan fingerprint density at radius 3 is 2.64 bits per heavy atom. The Hall–Kier alpha value is -0.300. The molecule has 66 valence electrons. The van der Waals surface area contributed by atoms with Crippen molar-refractivity contribution in [2.75, 3.05) is 13.1 Å². The van der Waals surface area contributed by atoms with E-state index in [1.54, 1.807) is 0 Å². The van der Waals surface area contributed by atoms with Gasteiger partial charge in [0.2, 0.25) is 0 Å². The van der Waals surface area contributed by atoms with Crippen LogP contribution in [0.2, 0.25) is 0 Å². The van der Waals surface area contributed by atoms with Crippen LogP contribution in [0.15, 0.2) is 11.6 Å². The van der Waals surface area contributed by atoms with E-state index in [2.05, 4.69) is 32.2 Å². The normalized spacial score (nSPS) is 12.1. The van der Waals surface area contributed by atoms with Gasteiger partial charge in [0, 0.05) is 6.54 Å². The molecule has 0 heterocycles. The third kappa shape index (κ3) is 7.60. The van der Waals surface area contributed by atoms with Crippen LogP contribution >= 0.6 is 0 Å². The highest BCUT2D eigenvalue weighted by atomic mass is 14.8. The molecule has 0 rings (SSSR count). The van der Waals surface area contributed by atoms with Gasteiger partial charge < -0.3 is 5.32 Å². The molecule has 0 bridgehead atoms. The summed E-state index contributed by atoms with van der Waals surface area (Å²) in [6, 6.07) is 0. The predicted octanol–water partition coefficient (Wildman–Crippen LogP) is 2.73. The first-order chi connectivity index (χ1) is 5.31. The summed E-state index contributed by atoms with van der Waals surface area (Å²) in [5, 5.41) is 3.40. The fraction of sp³-hybridized carbons (Fsp3) is 0.800. The zero-order valence-electron chi connectivity index (χ0n) is 8.11. The summed E-state index contributed by atoms with van der Waals surface area (Å²) in [7, 11) is 0. The van der Waals surface area contributed by atoms with E-state index in [1.807, 2.05) is 0 Å². The van der Waals surface area contributed by atoms with Crippen molar-refractivity contribution in [2.24, 2.45) is 0 Å². The van der Waals surface area contributed by atoms with Crippen molar-refractivity contribution in [3.63, 3.8) is 0 Å². The third-order valence-corrected chi connectivity index (χ3v) is 1.85. The van der Waals surface area contributed by atoms with Crippen molar-refractivity contribution >= 4 is 0 Å².